The lowest BCUT2D eigenvalue weighted by Gasteiger charge is -2.33. The Morgan fingerprint density at radius 3 is 2.63 bits per heavy atom. The number of aryl methyl sites for hydroxylation is 1. The topological polar surface area (TPSA) is 123 Å². The minimum atomic E-state index is -0.285. The van der Waals surface area contributed by atoms with Gasteiger partial charge in [0.15, 0.2) is 5.65 Å². The highest BCUT2D eigenvalue weighted by molar-refractivity contribution is 5.89. The van der Waals surface area contributed by atoms with Crippen LogP contribution in [-0.4, -0.2) is 78.3 Å². The van der Waals surface area contributed by atoms with Gasteiger partial charge in [-0.3, -0.25) is 14.4 Å². The number of benzene rings is 1. The summed E-state index contributed by atoms with van der Waals surface area (Å²) in [5.74, 6) is 2.23. The summed E-state index contributed by atoms with van der Waals surface area (Å²) in [5.41, 5.74) is 4.41. The van der Waals surface area contributed by atoms with Crippen molar-refractivity contribution in [2.75, 3.05) is 37.4 Å². The fourth-order valence-electron chi connectivity index (χ4n) is 7.18. The molecule has 13 heteroatoms. The van der Waals surface area contributed by atoms with Gasteiger partial charge in [0, 0.05) is 30.6 Å². The van der Waals surface area contributed by atoms with Crippen molar-refractivity contribution >= 4 is 23.4 Å². The Kier molecular flexibility index (Phi) is 9.73. The van der Waals surface area contributed by atoms with E-state index in [1.807, 2.05) is 51.8 Å². The molecule has 1 aliphatic carbocycles. The van der Waals surface area contributed by atoms with Gasteiger partial charge in [-0.25, -0.2) is 9.48 Å². The lowest BCUT2D eigenvalue weighted by Crippen LogP contribution is -2.38. The number of pyridine rings is 1. The van der Waals surface area contributed by atoms with Gasteiger partial charge < -0.3 is 19.9 Å². The van der Waals surface area contributed by atoms with Crippen LogP contribution >= 0.6 is 0 Å². The molecule has 5 heterocycles. The maximum Gasteiger partial charge on any atom is 0.320 e. The molecular weight excluding hydrogens is 642 g/mol. The molecule has 2 N–H and O–H groups in total. The average molecular weight is 694 g/mol. The molecule has 0 spiro atoms. The van der Waals surface area contributed by atoms with Gasteiger partial charge >= 0.3 is 6.03 Å². The number of hydrogen-bond acceptors (Lipinski definition) is 8. The fraction of sp³-hybridized carbons (Fsp3) is 0.500. The van der Waals surface area contributed by atoms with E-state index in [-0.39, 0.29) is 23.6 Å². The quantitative estimate of drug-likeness (QED) is 0.170. The normalized spacial score (nSPS) is 19.4. The molecular formula is C38H51N11O2. The largest absolute Gasteiger partial charge is 0.484 e. The molecule has 3 unspecified atom stereocenters. The number of rotatable bonds is 10. The van der Waals surface area contributed by atoms with Crippen LogP contribution in [0.2, 0.25) is 0 Å². The summed E-state index contributed by atoms with van der Waals surface area (Å²) in [6.07, 6.45) is 11.6. The number of fused-ring (bicyclic) bond motifs is 2. The Morgan fingerprint density at radius 1 is 1.02 bits per heavy atom. The SMILES string of the molecule is CC1CCCCN1c1nnc2ccc(OC3CCC(NC(=O)Nc4cc(C(C)(C)C)nn4-c4cnn(CCCN(C)C)c4)c4ccccc43)cn12. The van der Waals surface area contributed by atoms with Crippen LogP contribution in [0.1, 0.15) is 95.2 Å². The number of ether oxygens (including phenoxy) is 1. The van der Waals surface area contributed by atoms with Crippen molar-refractivity contribution in [1.82, 2.24) is 44.4 Å². The molecule has 270 valence electrons. The molecule has 51 heavy (non-hydrogen) atoms. The van der Waals surface area contributed by atoms with E-state index in [0.29, 0.717) is 11.9 Å². The predicted molar refractivity (Wildman–Crippen MR) is 199 cm³/mol. The third-order valence-corrected chi connectivity index (χ3v) is 10.0. The van der Waals surface area contributed by atoms with Gasteiger partial charge in [0.25, 0.3) is 0 Å². The second kappa shape index (κ2) is 14.4. The third kappa shape index (κ3) is 7.58. The van der Waals surface area contributed by atoms with Crippen LogP contribution < -0.4 is 20.3 Å². The number of carbonyl (C=O) groups is 1. The lowest BCUT2D eigenvalue weighted by atomic mass is 9.85. The minimum Gasteiger partial charge on any atom is -0.484 e. The van der Waals surface area contributed by atoms with E-state index in [4.69, 9.17) is 9.84 Å². The highest BCUT2D eigenvalue weighted by Crippen LogP contribution is 2.39. The molecule has 13 nitrogen and oxygen atoms in total. The van der Waals surface area contributed by atoms with Gasteiger partial charge in [-0.15, -0.1) is 10.2 Å². The second-order valence-electron chi connectivity index (χ2n) is 15.3. The third-order valence-electron chi connectivity index (χ3n) is 10.0. The average Bonchev–Trinajstić information content (AvgIpc) is 3.85. The van der Waals surface area contributed by atoms with Crippen LogP contribution in [0, 0.1) is 0 Å². The lowest BCUT2D eigenvalue weighted by molar-refractivity contribution is 0.171. The molecule has 1 saturated heterocycles. The minimum absolute atomic E-state index is 0.154. The summed E-state index contributed by atoms with van der Waals surface area (Å²) in [7, 11) is 4.14. The zero-order valence-corrected chi connectivity index (χ0v) is 30.7. The molecule has 7 rings (SSSR count). The maximum absolute atomic E-state index is 13.7. The number of nitrogens with zero attached hydrogens (tertiary/aromatic N) is 9. The monoisotopic (exact) mass is 693 g/mol. The summed E-state index contributed by atoms with van der Waals surface area (Å²) >= 11 is 0. The molecule has 4 aromatic heterocycles. The van der Waals surface area contributed by atoms with Crippen molar-refractivity contribution in [1.29, 1.82) is 0 Å². The van der Waals surface area contributed by atoms with Crippen molar-refractivity contribution in [3.05, 3.63) is 77.9 Å². The maximum atomic E-state index is 13.7. The van der Waals surface area contributed by atoms with Gasteiger partial charge in [0.1, 0.15) is 23.4 Å². The van der Waals surface area contributed by atoms with Crippen LogP contribution in [0.4, 0.5) is 16.6 Å². The van der Waals surface area contributed by atoms with E-state index in [9.17, 15) is 4.79 Å². The number of urea groups is 1. The van der Waals surface area contributed by atoms with Crippen molar-refractivity contribution in [2.24, 2.45) is 0 Å². The zero-order chi connectivity index (χ0) is 35.7. The van der Waals surface area contributed by atoms with Crippen LogP contribution in [0.3, 0.4) is 0 Å². The first-order valence-electron chi connectivity index (χ1n) is 18.3. The Balaban J connectivity index is 1.06. The zero-order valence-electron chi connectivity index (χ0n) is 30.7. The fourth-order valence-corrected chi connectivity index (χ4v) is 7.18. The highest BCUT2D eigenvalue weighted by Gasteiger charge is 2.31. The number of anilines is 2. The van der Waals surface area contributed by atoms with Gasteiger partial charge in [-0.2, -0.15) is 10.2 Å². The number of carbonyl (C=O) groups excluding carboxylic acids is 1. The summed E-state index contributed by atoms with van der Waals surface area (Å²) in [6.45, 7) is 11.4. The number of aromatic nitrogens is 7. The molecule has 1 fully saturated rings. The van der Waals surface area contributed by atoms with Gasteiger partial charge in [-0.1, -0.05) is 45.0 Å². The Labute approximate surface area is 300 Å². The standard InChI is InChI=1S/C38H51N11O2/c1-26-12-9-10-21-47(26)37-43-42-34-18-15-28(25-48(34)37)51-32-17-16-31(29-13-7-8-14-30(29)32)40-36(50)41-35-22-33(38(2,3)4)44-49(35)27-23-39-46(24-27)20-11-19-45(5)6/h7-8,13-15,18,22-26,31-32H,9-12,16-17,19-21H2,1-6H3,(H2,40,41,50). The van der Waals surface area contributed by atoms with Gasteiger partial charge in [0.05, 0.1) is 30.3 Å². The summed E-state index contributed by atoms with van der Waals surface area (Å²) in [5, 5.41) is 24.8. The van der Waals surface area contributed by atoms with Crippen LogP contribution in [0.15, 0.2) is 61.1 Å². The van der Waals surface area contributed by atoms with Crippen molar-refractivity contribution in [3.8, 4) is 11.4 Å². The van der Waals surface area contributed by atoms with E-state index >= 15 is 0 Å². The van der Waals surface area contributed by atoms with Crippen LogP contribution in [0.25, 0.3) is 11.3 Å². The first kappa shape index (κ1) is 34.5. The number of hydrogen-bond donors (Lipinski definition) is 2. The van der Waals surface area contributed by atoms with Crippen molar-refractivity contribution < 1.29 is 9.53 Å². The van der Waals surface area contributed by atoms with E-state index in [2.05, 4.69) is 89.7 Å². The van der Waals surface area contributed by atoms with Crippen molar-refractivity contribution in [2.45, 2.75) is 96.4 Å². The first-order valence-corrected chi connectivity index (χ1v) is 18.3. The summed E-state index contributed by atoms with van der Waals surface area (Å²) < 4.78 is 12.4. The van der Waals surface area contributed by atoms with E-state index < -0.39 is 0 Å². The highest BCUT2D eigenvalue weighted by atomic mass is 16.5. The molecule has 1 aliphatic heterocycles. The molecule has 0 bridgehead atoms. The van der Waals surface area contributed by atoms with E-state index in [0.717, 1.165) is 91.6 Å². The molecule has 2 aliphatic rings. The molecule has 3 atom stereocenters. The molecule has 0 saturated carbocycles. The first-order chi connectivity index (χ1) is 24.5. The van der Waals surface area contributed by atoms with E-state index in [1.165, 1.54) is 6.42 Å². The number of nitrogens with one attached hydrogen (secondary N) is 2. The van der Waals surface area contributed by atoms with Crippen molar-refractivity contribution in [3.63, 3.8) is 0 Å². The molecule has 5 aromatic rings. The van der Waals surface area contributed by atoms with Crippen LogP contribution in [-0.2, 0) is 12.0 Å². The van der Waals surface area contributed by atoms with Crippen LogP contribution in [0.5, 0.6) is 5.75 Å². The van der Waals surface area contributed by atoms with E-state index in [1.54, 1.807) is 10.9 Å². The predicted octanol–water partition coefficient (Wildman–Crippen LogP) is 6.52. The molecule has 2 amide bonds. The smallest absolute Gasteiger partial charge is 0.320 e. The molecule has 1 aromatic carbocycles. The number of piperidine rings is 1. The molecule has 0 radical (unpaired) electrons. The second-order valence-corrected chi connectivity index (χ2v) is 15.3. The summed E-state index contributed by atoms with van der Waals surface area (Å²) in [4.78, 5) is 18.2. The number of amides is 2. The Hall–Kier alpha value is -4.91. The summed E-state index contributed by atoms with van der Waals surface area (Å²) in [6, 6.07) is 14.1. The van der Waals surface area contributed by atoms with Gasteiger partial charge in [0.2, 0.25) is 5.95 Å². The Bertz CT molecular complexity index is 1970. The Morgan fingerprint density at radius 2 is 1.84 bits per heavy atom. The van der Waals surface area contributed by atoms with Gasteiger partial charge in [-0.05, 0) is 89.3 Å².